The summed E-state index contributed by atoms with van der Waals surface area (Å²) in [5.74, 6) is 3.84. The average Bonchev–Trinajstić information content (AvgIpc) is 3.16. The molecule has 62 heavy (non-hydrogen) atoms. The molecule has 1 aliphatic carbocycles. The quantitative estimate of drug-likeness (QED) is 0.0948. The van der Waals surface area contributed by atoms with Crippen LogP contribution in [0.4, 0.5) is 0 Å². The molecule has 10 nitrogen and oxygen atoms in total. The van der Waals surface area contributed by atoms with Crippen molar-refractivity contribution in [2.75, 3.05) is 0 Å². The highest BCUT2D eigenvalue weighted by Crippen LogP contribution is 2.41. The molecule has 0 fully saturated rings. The van der Waals surface area contributed by atoms with Crippen LogP contribution in [-0.2, 0) is 56.1 Å². The smallest absolute Gasteiger partial charge is 0.308 e. The summed E-state index contributed by atoms with van der Waals surface area (Å²) in [6.45, 7) is 12.3. The first-order valence-corrected chi connectivity index (χ1v) is 19.9. The van der Waals surface area contributed by atoms with Crippen molar-refractivity contribution in [2.45, 2.75) is 87.5 Å². The third-order valence-electron chi connectivity index (χ3n) is 10.1. The van der Waals surface area contributed by atoms with E-state index in [1.807, 2.05) is 57.2 Å². The number of hydrogen-bond acceptors (Lipinski definition) is 10. The molecule has 0 heterocycles. The second-order valence-electron chi connectivity index (χ2n) is 15.6. The third kappa shape index (κ3) is 10.3. The fourth-order valence-corrected chi connectivity index (χ4v) is 8.17. The zero-order valence-corrected chi connectivity index (χ0v) is 36.0. The molecule has 0 unspecified atom stereocenters. The molecule has 0 saturated carbocycles. The Hall–Kier alpha value is -7.43. The maximum absolute atomic E-state index is 12.9. The lowest BCUT2D eigenvalue weighted by Gasteiger charge is -2.22. The zero-order valence-electron chi connectivity index (χ0n) is 36.0. The van der Waals surface area contributed by atoms with Crippen LogP contribution >= 0.6 is 0 Å². The van der Waals surface area contributed by atoms with E-state index in [0.717, 1.165) is 16.7 Å². The van der Waals surface area contributed by atoms with Crippen LogP contribution in [0, 0.1) is 45.5 Å². The first kappa shape index (κ1) is 44.1. The molecule has 10 bridgehead atoms. The topological polar surface area (TPSA) is 132 Å². The van der Waals surface area contributed by atoms with E-state index in [1.165, 1.54) is 34.6 Å². The molecule has 0 atom stereocenters. The van der Waals surface area contributed by atoms with Crippen LogP contribution in [0.2, 0.25) is 0 Å². The molecule has 1 aliphatic rings. The highest BCUT2D eigenvalue weighted by atomic mass is 16.6. The van der Waals surface area contributed by atoms with Gasteiger partial charge in [0.15, 0.2) is 0 Å². The van der Waals surface area contributed by atoms with E-state index in [2.05, 4.69) is 11.8 Å². The molecule has 0 radical (unpaired) electrons. The number of carbonyl (C=O) groups excluding carboxylic acids is 5. The molecule has 0 aromatic heterocycles. The van der Waals surface area contributed by atoms with E-state index in [9.17, 15) is 24.0 Å². The summed E-state index contributed by atoms with van der Waals surface area (Å²) in [6.07, 6.45) is 12.7. The molecule has 5 aromatic carbocycles. The normalized spacial score (nSPS) is 11.8. The Kier molecular flexibility index (Phi) is 13.1. The summed E-state index contributed by atoms with van der Waals surface area (Å²) in [5.41, 5.74) is 9.19. The van der Waals surface area contributed by atoms with Gasteiger partial charge in [-0.15, -0.1) is 12.8 Å². The fraction of sp³-hybridized carbons (Fsp3) is 0.250. The second-order valence-corrected chi connectivity index (χ2v) is 15.6. The standard InChI is InChI=1S/C52H46O10/c1-11-36-19-44-25-42-17-29(4)15-40(49(42)59-32(7)54)23-38-13-28(3)14-39(48(38)58-31(6)53)24-41-16-30(5)18-43(50(41)60-33(8)55)26-45-20-37(12-2)22-47(52(45)62-35(10)57)27-46(21-36)51(44)61-34(9)56/h1-2,13-22H,23-27H2,3-10H3. The zero-order chi connectivity index (χ0) is 45.0. The Balaban J connectivity index is 1.78. The Morgan fingerprint density at radius 3 is 0.661 bits per heavy atom. The van der Waals surface area contributed by atoms with E-state index in [-0.39, 0.29) is 55.1 Å². The van der Waals surface area contributed by atoms with Crippen LogP contribution < -0.4 is 23.7 Å². The minimum absolute atomic E-state index is 0.0505. The van der Waals surface area contributed by atoms with Gasteiger partial charge in [-0.2, -0.15) is 0 Å². The molecule has 6 rings (SSSR count). The van der Waals surface area contributed by atoms with Crippen molar-refractivity contribution in [3.63, 3.8) is 0 Å². The van der Waals surface area contributed by atoms with Crippen molar-refractivity contribution in [1.29, 1.82) is 0 Å². The van der Waals surface area contributed by atoms with Gasteiger partial charge in [0.25, 0.3) is 0 Å². The summed E-state index contributed by atoms with van der Waals surface area (Å²) in [6, 6.07) is 18.3. The summed E-state index contributed by atoms with van der Waals surface area (Å²) in [4.78, 5) is 64.3. The molecule has 314 valence electrons. The summed E-state index contributed by atoms with van der Waals surface area (Å²) < 4.78 is 30.0. The highest BCUT2D eigenvalue weighted by molar-refractivity contribution is 5.76. The van der Waals surface area contributed by atoms with Gasteiger partial charge in [0.05, 0.1) is 0 Å². The SMILES string of the molecule is C#Cc1cc2c(OC(C)=O)c(c1)Cc1cc(C#C)cc(c1OC(C)=O)Cc1cc(C)cc(c1OC(C)=O)Cc1cc(C)cc(c1OC(C)=O)Cc1cc(C)cc(c1OC(C)=O)C2. The van der Waals surface area contributed by atoms with E-state index < -0.39 is 29.8 Å². The van der Waals surface area contributed by atoms with Crippen LogP contribution in [0.25, 0.3) is 0 Å². The van der Waals surface area contributed by atoms with Gasteiger partial charge in [-0.3, -0.25) is 24.0 Å². The molecule has 0 amide bonds. The van der Waals surface area contributed by atoms with Gasteiger partial charge in [0.1, 0.15) is 28.7 Å². The monoisotopic (exact) mass is 830 g/mol. The van der Waals surface area contributed by atoms with Gasteiger partial charge in [-0.05, 0) is 78.4 Å². The van der Waals surface area contributed by atoms with Crippen LogP contribution in [-0.4, -0.2) is 29.8 Å². The molecular formula is C52H46O10. The Morgan fingerprint density at radius 2 is 0.516 bits per heavy atom. The van der Waals surface area contributed by atoms with Gasteiger partial charge >= 0.3 is 29.8 Å². The number of terminal acetylenes is 2. The van der Waals surface area contributed by atoms with Gasteiger partial charge in [0, 0.05) is 100 Å². The molecular weight excluding hydrogens is 785 g/mol. The van der Waals surface area contributed by atoms with Crippen molar-refractivity contribution in [3.8, 4) is 53.4 Å². The fourth-order valence-electron chi connectivity index (χ4n) is 8.17. The average molecular weight is 831 g/mol. The van der Waals surface area contributed by atoms with E-state index in [0.29, 0.717) is 72.5 Å². The van der Waals surface area contributed by atoms with Crippen LogP contribution in [0.5, 0.6) is 28.7 Å². The predicted octanol–water partition coefficient (Wildman–Crippen LogP) is 8.47. The molecule has 0 N–H and O–H groups in total. The number of rotatable bonds is 5. The molecule has 5 aromatic rings. The van der Waals surface area contributed by atoms with Crippen molar-refractivity contribution in [2.24, 2.45) is 0 Å². The van der Waals surface area contributed by atoms with Crippen LogP contribution in [0.1, 0.15) is 118 Å². The van der Waals surface area contributed by atoms with Crippen molar-refractivity contribution in [1.82, 2.24) is 0 Å². The number of hydrogen-bond donors (Lipinski definition) is 0. The summed E-state index contributed by atoms with van der Waals surface area (Å²) >= 11 is 0. The highest BCUT2D eigenvalue weighted by Gasteiger charge is 2.26. The maximum Gasteiger partial charge on any atom is 0.308 e. The molecule has 0 aliphatic heterocycles. The van der Waals surface area contributed by atoms with Gasteiger partial charge in [0.2, 0.25) is 0 Å². The van der Waals surface area contributed by atoms with E-state index in [1.54, 1.807) is 24.3 Å². The van der Waals surface area contributed by atoms with Gasteiger partial charge in [-0.1, -0.05) is 64.9 Å². The summed E-state index contributed by atoms with van der Waals surface area (Å²) in [7, 11) is 0. The summed E-state index contributed by atoms with van der Waals surface area (Å²) in [5, 5.41) is 0. The number of esters is 5. The number of aryl methyl sites for hydroxylation is 3. The van der Waals surface area contributed by atoms with Crippen molar-refractivity contribution in [3.05, 3.63) is 144 Å². The van der Waals surface area contributed by atoms with Crippen molar-refractivity contribution >= 4 is 29.8 Å². The largest absolute Gasteiger partial charge is 0.426 e. The Labute approximate surface area is 361 Å². The molecule has 0 spiro atoms. The van der Waals surface area contributed by atoms with Gasteiger partial charge in [-0.25, -0.2) is 0 Å². The van der Waals surface area contributed by atoms with Gasteiger partial charge < -0.3 is 23.7 Å². The predicted molar refractivity (Wildman–Crippen MR) is 233 cm³/mol. The second kappa shape index (κ2) is 18.5. The van der Waals surface area contributed by atoms with Crippen molar-refractivity contribution < 1.29 is 47.7 Å². The Bertz CT molecular complexity index is 2610. The van der Waals surface area contributed by atoms with Crippen LogP contribution in [0.3, 0.4) is 0 Å². The number of fused-ring (bicyclic) bond motifs is 10. The molecule has 0 saturated heterocycles. The first-order valence-electron chi connectivity index (χ1n) is 19.9. The maximum atomic E-state index is 12.9. The lowest BCUT2D eigenvalue weighted by Crippen LogP contribution is -2.13. The minimum atomic E-state index is -0.597. The Morgan fingerprint density at radius 1 is 0.355 bits per heavy atom. The van der Waals surface area contributed by atoms with Crippen LogP contribution in [0.15, 0.2) is 60.7 Å². The number of ether oxygens (including phenoxy) is 5. The van der Waals surface area contributed by atoms with E-state index in [4.69, 9.17) is 36.5 Å². The lowest BCUT2D eigenvalue weighted by atomic mass is 9.88. The molecule has 10 heteroatoms. The minimum Gasteiger partial charge on any atom is -0.426 e. The third-order valence-corrected chi connectivity index (χ3v) is 10.1. The number of benzene rings is 5. The van der Waals surface area contributed by atoms with E-state index >= 15 is 0 Å². The lowest BCUT2D eigenvalue weighted by molar-refractivity contribution is -0.133. The first-order chi connectivity index (χ1) is 29.4. The number of carbonyl (C=O) groups is 5.